The topological polar surface area (TPSA) is 38.3 Å². The summed E-state index contributed by atoms with van der Waals surface area (Å²) >= 11 is 1.51. The third kappa shape index (κ3) is 4.27. The lowest BCUT2D eigenvalue weighted by atomic mass is 10.1. The van der Waals surface area contributed by atoms with Crippen molar-refractivity contribution in [3.8, 4) is 0 Å². The van der Waals surface area contributed by atoms with Crippen LogP contribution in [0.5, 0.6) is 0 Å². The van der Waals surface area contributed by atoms with Gasteiger partial charge in [0.2, 0.25) is 0 Å². The maximum absolute atomic E-state index is 13.0. The Morgan fingerprint density at radius 1 is 1.35 bits per heavy atom. The number of amides is 1. The van der Waals surface area contributed by atoms with E-state index >= 15 is 0 Å². The molecular formula is C18H18FNO2S. The second-order valence-electron chi connectivity index (χ2n) is 5.43. The van der Waals surface area contributed by atoms with Crippen molar-refractivity contribution in [2.75, 3.05) is 13.2 Å². The van der Waals surface area contributed by atoms with E-state index in [9.17, 15) is 9.18 Å². The van der Waals surface area contributed by atoms with Gasteiger partial charge in [-0.3, -0.25) is 4.79 Å². The van der Waals surface area contributed by atoms with Crippen molar-refractivity contribution in [3.05, 3.63) is 58.0 Å². The highest BCUT2D eigenvalue weighted by Gasteiger charge is 2.18. The van der Waals surface area contributed by atoms with Crippen LogP contribution in [0.25, 0.3) is 11.6 Å². The van der Waals surface area contributed by atoms with Gasteiger partial charge in [0.15, 0.2) is 0 Å². The summed E-state index contributed by atoms with van der Waals surface area (Å²) in [6, 6.07) is 9.93. The largest absolute Gasteiger partial charge is 0.376 e. The third-order valence-corrected chi connectivity index (χ3v) is 4.63. The minimum atomic E-state index is -0.289. The number of benzene rings is 1. The number of nitrogens with one attached hydrogen (secondary N) is 1. The minimum absolute atomic E-state index is 0.106. The first kappa shape index (κ1) is 15.9. The van der Waals surface area contributed by atoms with Gasteiger partial charge in [-0.05, 0) is 48.1 Å². The predicted molar refractivity (Wildman–Crippen MR) is 90.6 cm³/mol. The van der Waals surface area contributed by atoms with E-state index in [2.05, 4.69) is 5.32 Å². The van der Waals surface area contributed by atoms with Crippen LogP contribution in [0.15, 0.2) is 41.8 Å². The lowest BCUT2D eigenvalue weighted by Gasteiger charge is -2.12. The molecule has 0 aliphatic carbocycles. The number of thiophene rings is 1. The Balaban J connectivity index is 1.77. The molecule has 3 nitrogen and oxygen atoms in total. The van der Waals surface area contributed by atoms with Gasteiger partial charge in [-0.15, -0.1) is 11.3 Å². The Morgan fingerprint density at radius 2 is 2.17 bits per heavy atom. The molecule has 3 rings (SSSR count). The summed E-state index contributed by atoms with van der Waals surface area (Å²) < 4.78 is 18.6. The summed E-state index contributed by atoms with van der Waals surface area (Å²) in [5, 5.41) is 4.88. The molecule has 1 fully saturated rings. The second-order valence-corrected chi connectivity index (χ2v) is 6.38. The molecule has 0 bridgehead atoms. The summed E-state index contributed by atoms with van der Waals surface area (Å²) in [7, 11) is 0. The smallest absolute Gasteiger partial charge is 0.252 e. The summed E-state index contributed by atoms with van der Waals surface area (Å²) in [5.74, 6) is -0.421. The van der Waals surface area contributed by atoms with Crippen molar-refractivity contribution >= 4 is 28.9 Å². The molecule has 1 aliphatic rings. The average Bonchev–Trinajstić information content (AvgIpc) is 3.25. The molecule has 2 aromatic rings. The molecule has 23 heavy (non-hydrogen) atoms. The van der Waals surface area contributed by atoms with Crippen molar-refractivity contribution in [3.63, 3.8) is 0 Å². The summed E-state index contributed by atoms with van der Waals surface area (Å²) in [5.41, 5.74) is 1.38. The van der Waals surface area contributed by atoms with E-state index in [4.69, 9.17) is 4.74 Å². The van der Waals surface area contributed by atoms with Crippen molar-refractivity contribution in [2.45, 2.75) is 18.9 Å². The standard InChI is InChI=1S/C18H18FNO2S/c19-14-7-5-13(6-8-14)11-16(17-4-2-10-23-17)18(21)20-12-15-3-1-9-22-15/h2,4-8,10-11,15H,1,3,9,12H2,(H,20,21). The molecule has 1 aromatic carbocycles. The summed E-state index contributed by atoms with van der Waals surface area (Å²) in [6.07, 6.45) is 3.92. The van der Waals surface area contributed by atoms with E-state index in [1.807, 2.05) is 17.5 Å². The van der Waals surface area contributed by atoms with E-state index in [1.165, 1.54) is 23.5 Å². The van der Waals surface area contributed by atoms with Gasteiger partial charge in [0, 0.05) is 18.0 Å². The number of carbonyl (C=O) groups is 1. The van der Waals surface area contributed by atoms with Gasteiger partial charge in [-0.25, -0.2) is 4.39 Å². The van der Waals surface area contributed by atoms with E-state index < -0.39 is 0 Å². The van der Waals surface area contributed by atoms with E-state index in [0.29, 0.717) is 12.1 Å². The van der Waals surface area contributed by atoms with Crippen LogP contribution in [-0.2, 0) is 9.53 Å². The lowest BCUT2D eigenvalue weighted by molar-refractivity contribution is -0.116. The molecule has 1 aliphatic heterocycles. The molecule has 1 aromatic heterocycles. The molecule has 1 saturated heterocycles. The van der Waals surface area contributed by atoms with Crippen LogP contribution >= 0.6 is 11.3 Å². The summed E-state index contributed by atoms with van der Waals surface area (Å²) in [6.45, 7) is 1.29. The second kappa shape index (κ2) is 7.53. The fourth-order valence-corrected chi connectivity index (χ4v) is 3.25. The third-order valence-electron chi connectivity index (χ3n) is 3.73. The average molecular weight is 331 g/mol. The molecule has 1 N–H and O–H groups in total. The molecule has 120 valence electrons. The Kier molecular flexibility index (Phi) is 5.20. The van der Waals surface area contributed by atoms with E-state index in [1.54, 1.807) is 18.2 Å². The zero-order valence-corrected chi connectivity index (χ0v) is 13.4. The molecule has 1 amide bonds. The molecule has 2 heterocycles. The molecule has 0 spiro atoms. The zero-order chi connectivity index (χ0) is 16.1. The fourth-order valence-electron chi connectivity index (χ4n) is 2.51. The number of carbonyl (C=O) groups excluding carboxylic acids is 1. The molecule has 1 unspecified atom stereocenters. The quantitative estimate of drug-likeness (QED) is 0.848. The predicted octanol–water partition coefficient (Wildman–Crippen LogP) is 3.72. The van der Waals surface area contributed by atoms with Crippen molar-refractivity contribution < 1.29 is 13.9 Å². The Labute approximate surface area is 138 Å². The van der Waals surface area contributed by atoms with Crippen LogP contribution in [0, 0.1) is 5.82 Å². The van der Waals surface area contributed by atoms with Crippen LogP contribution in [0.3, 0.4) is 0 Å². The normalized spacial score (nSPS) is 18.1. The fraction of sp³-hybridized carbons (Fsp3) is 0.278. The van der Waals surface area contributed by atoms with Crippen LogP contribution < -0.4 is 5.32 Å². The highest BCUT2D eigenvalue weighted by Crippen LogP contribution is 2.23. The van der Waals surface area contributed by atoms with Crippen LogP contribution in [-0.4, -0.2) is 25.2 Å². The monoisotopic (exact) mass is 331 g/mol. The van der Waals surface area contributed by atoms with Crippen molar-refractivity contribution in [2.24, 2.45) is 0 Å². The number of halogens is 1. The Hall–Kier alpha value is -1.98. The number of hydrogen-bond acceptors (Lipinski definition) is 3. The molecule has 1 atom stereocenters. The van der Waals surface area contributed by atoms with Gasteiger partial charge >= 0.3 is 0 Å². The molecule has 5 heteroatoms. The minimum Gasteiger partial charge on any atom is -0.376 e. The van der Waals surface area contributed by atoms with Gasteiger partial charge < -0.3 is 10.1 Å². The molecule has 0 radical (unpaired) electrons. The van der Waals surface area contributed by atoms with Crippen LogP contribution in [0.1, 0.15) is 23.3 Å². The molecule has 0 saturated carbocycles. The van der Waals surface area contributed by atoms with Gasteiger partial charge in [0.25, 0.3) is 5.91 Å². The van der Waals surface area contributed by atoms with Crippen molar-refractivity contribution in [1.29, 1.82) is 0 Å². The van der Waals surface area contributed by atoms with Crippen LogP contribution in [0.2, 0.25) is 0 Å². The van der Waals surface area contributed by atoms with Gasteiger partial charge in [-0.2, -0.15) is 0 Å². The lowest BCUT2D eigenvalue weighted by Crippen LogP contribution is -2.32. The van der Waals surface area contributed by atoms with E-state index in [-0.39, 0.29) is 17.8 Å². The molecular weight excluding hydrogens is 313 g/mol. The highest BCUT2D eigenvalue weighted by molar-refractivity contribution is 7.11. The maximum Gasteiger partial charge on any atom is 0.252 e. The number of rotatable bonds is 5. The van der Waals surface area contributed by atoms with Crippen LogP contribution in [0.4, 0.5) is 4.39 Å². The number of ether oxygens (including phenoxy) is 1. The van der Waals surface area contributed by atoms with Gasteiger partial charge in [-0.1, -0.05) is 18.2 Å². The Bertz CT molecular complexity index is 674. The first-order valence-corrected chi connectivity index (χ1v) is 8.51. The SMILES string of the molecule is O=C(NCC1CCCO1)C(=Cc1ccc(F)cc1)c1cccs1. The van der Waals surface area contributed by atoms with Crippen molar-refractivity contribution in [1.82, 2.24) is 5.32 Å². The first-order valence-electron chi connectivity index (χ1n) is 7.63. The Morgan fingerprint density at radius 3 is 2.83 bits per heavy atom. The first-order chi connectivity index (χ1) is 11.2. The zero-order valence-electron chi connectivity index (χ0n) is 12.6. The maximum atomic E-state index is 13.0. The number of hydrogen-bond donors (Lipinski definition) is 1. The highest BCUT2D eigenvalue weighted by atomic mass is 32.1. The van der Waals surface area contributed by atoms with Gasteiger partial charge in [0.05, 0.1) is 11.7 Å². The van der Waals surface area contributed by atoms with E-state index in [0.717, 1.165) is 29.9 Å². The summed E-state index contributed by atoms with van der Waals surface area (Å²) in [4.78, 5) is 13.5. The van der Waals surface area contributed by atoms with Gasteiger partial charge in [0.1, 0.15) is 5.82 Å².